The number of ketones is 1. The van der Waals surface area contributed by atoms with Crippen LogP contribution in [0.5, 0.6) is 5.75 Å². The van der Waals surface area contributed by atoms with Crippen molar-refractivity contribution >= 4 is 17.4 Å². The first-order valence-electron chi connectivity index (χ1n) is 8.88. The minimum absolute atomic E-state index is 0.231. The van der Waals surface area contributed by atoms with Gasteiger partial charge in [-0.25, -0.2) is 0 Å². The van der Waals surface area contributed by atoms with Crippen molar-refractivity contribution in [2.75, 3.05) is 7.11 Å². The van der Waals surface area contributed by atoms with Crippen molar-refractivity contribution in [2.45, 2.75) is 6.54 Å². The van der Waals surface area contributed by atoms with Crippen molar-refractivity contribution in [3.63, 3.8) is 0 Å². The SMILES string of the molecule is C=C(c1ccccc1)N(Cc1ccc(OC)cc1)C(=O)C(=O)c1ccccc1. The Morgan fingerprint density at radius 3 is 1.89 bits per heavy atom. The van der Waals surface area contributed by atoms with Gasteiger partial charge in [-0.1, -0.05) is 79.4 Å². The molecule has 0 radical (unpaired) electrons. The second-order valence-corrected chi connectivity index (χ2v) is 6.25. The predicted octanol–water partition coefficient (Wildman–Crippen LogP) is 4.58. The second-order valence-electron chi connectivity index (χ2n) is 6.25. The van der Waals surface area contributed by atoms with Gasteiger partial charge >= 0.3 is 0 Å². The maximum atomic E-state index is 13.1. The second kappa shape index (κ2) is 8.82. The molecule has 0 saturated heterocycles. The molecule has 0 aliphatic rings. The van der Waals surface area contributed by atoms with Crippen molar-refractivity contribution < 1.29 is 14.3 Å². The van der Waals surface area contributed by atoms with Crippen LogP contribution in [0.3, 0.4) is 0 Å². The summed E-state index contributed by atoms with van der Waals surface area (Å²) in [5, 5.41) is 0. The Kier molecular flexibility index (Phi) is 6.02. The number of hydrogen-bond acceptors (Lipinski definition) is 3. The van der Waals surface area contributed by atoms with Gasteiger partial charge in [-0.2, -0.15) is 0 Å². The van der Waals surface area contributed by atoms with E-state index in [1.54, 1.807) is 37.4 Å². The van der Waals surface area contributed by atoms with Gasteiger partial charge in [0, 0.05) is 11.3 Å². The minimum Gasteiger partial charge on any atom is -0.497 e. The van der Waals surface area contributed by atoms with Crippen molar-refractivity contribution in [1.29, 1.82) is 0 Å². The molecule has 3 aromatic carbocycles. The third-order valence-corrected chi connectivity index (χ3v) is 4.41. The number of carbonyl (C=O) groups is 2. The lowest BCUT2D eigenvalue weighted by atomic mass is 10.1. The first kappa shape index (κ1) is 19.1. The van der Waals surface area contributed by atoms with E-state index < -0.39 is 11.7 Å². The largest absolute Gasteiger partial charge is 0.497 e. The van der Waals surface area contributed by atoms with Gasteiger partial charge < -0.3 is 9.64 Å². The van der Waals surface area contributed by atoms with Gasteiger partial charge in [-0.05, 0) is 23.3 Å². The average molecular weight is 371 g/mol. The molecule has 4 nitrogen and oxygen atoms in total. The van der Waals surface area contributed by atoms with E-state index in [9.17, 15) is 9.59 Å². The third kappa shape index (κ3) is 4.35. The van der Waals surface area contributed by atoms with Crippen LogP contribution in [0, 0.1) is 0 Å². The summed E-state index contributed by atoms with van der Waals surface area (Å²) in [6, 6.07) is 25.3. The number of ether oxygens (including phenoxy) is 1. The molecule has 0 aromatic heterocycles. The molecule has 0 fully saturated rings. The summed E-state index contributed by atoms with van der Waals surface area (Å²) in [5.41, 5.74) is 2.48. The molecule has 0 N–H and O–H groups in total. The maximum Gasteiger partial charge on any atom is 0.299 e. The van der Waals surface area contributed by atoms with Crippen molar-refractivity contribution in [3.8, 4) is 5.75 Å². The first-order chi connectivity index (χ1) is 13.6. The Hall–Kier alpha value is -3.66. The minimum atomic E-state index is -0.615. The highest BCUT2D eigenvalue weighted by atomic mass is 16.5. The summed E-state index contributed by atoms with van der Waals surface area (Å²) < 4.78 is 5.18. The molecule has 0 bridgehead atoms. The number of nitrogens with zero attached hydrogens (tertiary/aromatic N) is 1. The molecule has 4 heteroatoms. The number of carbonyl (C=O) groups excluding carboxylic acids is 2. The fourth-order valence-electron chi connectivity index (χ4n) is 2.83. The molecular formula is C24H21NO3. The van der Waals surface area contributed by atoms with Crippen LogP contribution in [0.15, 0.2) is 91.5 Å². The fraction of sp³-hybridized carbons (Fsp3) is 0.0833. The maximum absolute atomic E-state index is 13.1. The van der Waals surface area contributed by atoms with Crippen molar-refractivity contribution in [1.82, 2.24) is 4.90 Å². The molecular weight excluding hydrogens is 350 g/mol. The molecule has 0 spiro atoms. The summed E-state index contributed by atoms with van der Waals surface area (Å²) in [5.74, 6) is -0.453. The lowest BCUT2D eigenvalue weighted by Gasteiger charge is -2.24. The third-order valence-electron chi connectivity index (χ3n) is 4.41. The lowest BCUT2D eigenvalue weighted by molar-refractivity contribution is -0.123. The number of benzene rings is 3. The van der Waals surface area contributed by atoms with E-state index in [0.717, 1.165) is 16.9 Å². The number of methoxy groups -OCH3 is 1. The number of hydrogen-bond donors (Lipinski definition) is 0. The van der Waals surface area contributed by atoms with Gasteiger partial charge in [0.1, 0.15) is 5.75 Å². The predicted molar refractivity (Wildman–Crippen MR) is 110 cm³/mol. The van der Waals surface area contributed by atoms with Gasteiger partial charge in [-0.15, -0.1) is 0 Å². The van der Waals surface area contributed by atoms with Gasteiger partial charge in [0.15, 0.2) is 0 Å². The number of rotatable bonds is 7. The quantitative estimate of drug-likeness (QED) is 0.451. The van der Waals surface area contributed by atoms with E-state index in [2.05, 4.69) is 6.58 Å². The smallest absolute Gasteiger partial charge is 0.299 e. The van der Waals surface area contributed by atoms with Crippen LogP contribution in [0.1, 0.15) is 21.5 Å². The van der Waals surface area contributed by atoms with Crippen molar-refractivity contribution in [2.24, 2.45) is 0 Å². The van der Waals surface area contributed by atoms with E-state index in [1.165, 1.54) is 4.90 Å². The molecule has 28 heavy (non-hydrogen) atoms. The molecule has 1 amide bonds. The number of Topliss-reactive ketones (excluding diaryl/α,β-unsaturated/α-hetero) is 1. The standard InChI is InChI=1S/C24H21NO3/c1-18(20-9-5-3-6-10-20)25(17-19-13-15-22(28-2)16-14-19)24(27)23(26)21-11-7-4-8-12-21/h3-16H,1,17H2,2H3. The van der Waals surface area contributed by atoms with Crippen LogP contribution in [-0.2, 0) is 11.3 Å². The van der Waals surface area contributed by atoms with Gasteiger partial charge in [-0.3, -0.25) is 9.59 Å². The van der Waals surface area contributed by atoms with Crippen LogP contribution in [0.4, 0.5) is 0 Å². The Balaban J connectivity index is 1.92. The molecule has 0 saturated carbocycles. The Labute approximate surface area is 164 Å². The van der Waals surface area contributed by atoms with Gasteiger partial charge in [0.05, 0.1) is 13.7 Å². The zero-order valence-corrected chi connectivity index (χ0v) is 15.7. The highest BCUT2D eigenvalue weighted by Crippen LogP contribution is 2.22. The summed E-state index contributed by atoms with van der Waals surface area (Å²) in [6.07, 6.45) is 0. The van der Waals surface area contributed by atoms with E-state index in [4.69, 9.17) is 4.74 Å². The fourth-order valence-corrected chi connectivity index (χ4v) is 2.83. The van der Waals surface area contributed by atoms with E-state index >= 15 is 0 Å². The molecule has 0 aliphatic carbocycles. The monoisotopic (exact) mass is 371 g/mol. The van der Waals surface area contributed by atoms with Crippen LogP contribution in [0.25, 0.3) is 5.70 Å². The van der Waals surface area contributed by atoms with Crippen LogP contribution in [-0.4, -0.2) is 23.7 Å². The Morgan fingerprint density at radius 2 is 1.36 bits per heavy atom. The molecule has 0 unspecified atom stereocenters. The topological polar surface area (TPSA) is 46.6 Å². The molecule has 0 aliphatic heterocycles. The Morgan fingerprint density at radius 1 is 0.821 bits per heavy atom. The van der Waals surface area contributed by atoms with Gasteiger partial charge in [0.25, 0.3) is 11.7 Å². The van der Waals surface area contributed by atoms with Crippen LogP contribution >= 0.6 is 0 Å². The first-order valence-corrected chi connectivity index (χ1v) is 8.88. The zero-order chi connectivity index (χ0) is 19.9. The van der Waals surface area contributed by atoms with E-state index in [1.807, 2.05) is 54.6 Å². The molecule has 140 valence electrons. The highest BCUT2D eigenvalue weighted by molar-refractivity contribution is 6.43. The summed E-state index contributed by atoms with van der Waals surface area (Å²) in [7, 11) is 1.60. The van der Waals surface area contributed by atoms with E-state index in [-0.39, 0.29) is 6.54 Å². The molecule has 3 aromatic rings. The van der Waals surface area contributed by atoms with Crippen molar-refractivity contribution in [3.05, 3.63) is 108 Å². The molecule has 3 rings (SSSR count). The summed E-state index contributed by atoms with van der Waals surface area (Å²) in [4.78, 5) is 27.3. The molecule has 0 heterocycles. The number of amides is 1. The lowest BCUT2D eigenvalue weighted by Crippen LogP contribution is -2.34. The van der Waals surface area contributed by atoms with Gasteiger partial charge in [0.2, 0.25) is 0 Å². The average Bonchev–Trinajstić information content (AvgIpc) is 2.77. The van der Waals surface area contributed by atoms with E-state index in [0.29, 0.717) is 11.3 Å². The zero-order valence-electron chi connectivity index (χ0n) is 15.7. The van der Waals surface area contributed by atoms with Crippen LogP contribution in [0.2, 0.25) is 0 Å². The van der Waals surface area contributed by atoms with Crippen LogP contribution < -0.4 is 4.74 Å². The Bertz CT molecular complexity index is 964. The summed E-state index contributed by atoms with van der Waals surface area (Å²) >= 11 is 0. The highest BCUT2D eigenvalue weighted by Gasteiger charge is 2.26. The normalized spacial score (nSPS) is 10.2. The molecule has 0 atom stereocenters. The summed E-state index contributed by atoms with van der Waals surface area (Å²) in [6.45, 7) is 4.31.